The van der Waals surface area contributed by atoms with Gasteiger partial charge >= 0.3 is 5.97 Å². The van der Waals surface area contributed by atoms with Gasteiger partial charge in [0.1, 0.15) is 0 Å². The zero-order chi connectivity index (χ0) is 9.07. The highest BCUT2D eigenvalue weighted by Gasteiger charge is 2.31. The standard InChI is InChI=1S/C8H17NO2/c1-6(2)4-8(3,5-9)7(10)11/h6H,4-5,9H2,1-3H3,(H,10,11). The fraction of sp³-hybridized carbons (Fsp3) is 0.875. The number of carboxylic acids is 1. The summed E-state index contributed by atoms with van der Waals surface area (Å²) in [6.07, 6.45) is 0.638. The minimum atomic E-state index is -0.797. The molecule has 0 fully saturated rings. The number of hydrogen-bond donors (Lipinski definition) is 2. The lowest BCUT2D eigenvalue weighted by Gasteiger charge is -2.24. The van der Waals surface area contributed by atoms with Crippen molar-refractivity contribution in [1.29, 1.82) is 0 Å². The molecule has 0 saturated carbocycles. The summed E-state index contributed by atoms with van der Waals surface area (Å²) in [7, 11) is 0. The summed E-state index contributed by atoms with van der Waals surface area (Å²) in [6.45, 7) is 5.89. The molecule has 0 aliphatic carbocycles. The van der Waals surface area contributed by atoms with Gasteiger partial charge in [-0.3, -0.25) is 4.79 Å². The molecule has 0 aromatic rings. The molecule has 0 heterocycles. The molecular weight excluding hydrogens is 142 g/mol. The molecule has 3 N–H and O–H groups in total. The summed E-state index contributed by atoms with van der Waals surface area (Å²) in [4.78, 5) is 10.7. The van der Waals surface area contributed by atoms with Crippen LogP contribution >= 0.6 is 0 Å². The first-order chi connectivity index (χ1) is 4.92. The molecule has 0 aromatic carbocycles. The van der Waals surface area contributed by atoms with Gasteiger partial charge in [-0.15, -0.1) is 0 Å². The van der Waals surface area contributed by atoms with Crippen LogP contribution in [-0.4, -0.2) is 17.6 Å². The highest BCUT2D eigenvalue weighted by atomic mass is 16.4. The van der Waals surface area contributed by atoms with Gasteiger partial charge in [-0.1, -0.05) is 13.8 Å². The molecule has 1 atom stereocenters. The van der Waals surface area contributed by atoms with E-state index >= 15 is 0 Å². The first kappa shape index (κ1) is 10.4. The Morgan fingerprint density at radius 3 is 2.18 bits per heavy atom. The molecule has 3 nitrogen and oxygen atoms in total. The Kier molecular flexibility index (Phi) is 3.52. The predicted octanol–water partition coefficient (Wildman–Crippen LogP) is 1.08. The lowest BCUT2D eigenvalue weighted by molar-refractivity contribution is -0.148. The molecule has 0 bridgehead atoms. The number of carbonyl (C=O) groups is 1. The molecule has 0 rings (SSSR count). The summed E-state index contributed by atoms with van der Waals surface area (Å²) in [6, 6.07) is 0. The Hall–Kier alpha value is -0.570. The van der Waals surface area contributed by atoms with Crippen molar-refractivity contribution in [3.05, 3.63) is 0 Å². The summed E-state index contributed by atoms with van der Waals surface area (Å²) in [5, 5.41) is 8.80. The average Bonchev–Trinajstić information content (AvgIpc) is 1.86. The van der Waals surface area contributed by atoms with E-state index in [9.17, 15) is 4.79 Å². The Balaban J connectivity index is 4.22. The second kappa shape index (κ2) is 3.72. The van der Waals surface area contributed by atoms with E-state index in [2.05, 4.69) is 0 Å². The normalized spacial score (nSPS) is 16.5. The third-order valence-corrected chi connectivity index (χ3v) is 1.83. The van der Waals surface area contributed by atoms with E-state index < -0.39 is 11.4 Å². The van der Waals surface area contributed by atoms with Crippen molar-refractivity contribution in [2.45, 2.75) is 27.2 Å². The van der Waals surface area contributed by atoms with Crippen molar-refractivity contribution in [3.8, 4) is 0 Å². The largest absolute Gasteiger partial charge is 0.481 e. The monoisotopic (exact) mass is 159 g/mol. The van der Waals surface area contributed by atoms with Crippen LogP contribution < -0.4 is 5.73 Å². The topological polar surface area (TPSA) is 63.3 Å². The van der Waals surface area contributed by atoms with Gasteiger partial charge in [0.2, 0.25) is 0 Å². The Morgan fingerprint density at radius 2 is 2.09 bits per heavy atom. The van der Waals surface area contributed by atoms with Crippen LogP contribution in [0.4, 0.5) is 0 Å². The van der Waals surface area contributed by atoms with E-state index in [1.54, 1.807) is 6.92 Å². The van der Waals surface area contributed by atoms with Crippen molar-refractivity contribution in [2.75, 3.05) is 6.54 Å². The van der Waals surface area contributed by atoms with Gasteiger partial charge in [-0.2, -0.15) is 0 Å². The van der Waals surface area contributed by atoms with Crippen LogP contribution in [-0.2, 0) is 4.79 Å². The second-order valence-electron chi connectivity index (χ2n) is 3.67. The van der Waals surface area contributed by atoms with Crippen LogP contribution in [0.3, 0.4) is 0 Å². The molecule has 3 heteroatoms. The number of nitrogens with two attached hydrogens (primary N) is 1. The third kappa shape index (κ3) is 2.89. The fourth-order valence-corrected chi connectivity index (χ4v) is 1.16. The van der Waals surface area contributed by atoms with Crippen molar-refractivity contribution in [2.24, 2.45) is 17.1 Å². The summed E-state index contributed by atoms with van der Waals surface area (Å²) in [5.74, 6) is -0.423. The van der Waals surface area contributed by atoms with Crippen molar-refractivity contribution in [3.63, 3.8) is 0 Å². The van der Waals surface area contributed by atoms with Crippen LogP contribution in [0.1, 0.15) is 27.2 Å². The highest BCUT2D eigenvalue weighted by molar-refractivity contribution is 5.74. The smallest absolute Gasteiger partial charge is 0.310 e. The number of rotatable bonds is 4. The summed E-state index contributed by atoms with van der Waals surface area (Å²) < 4.78 is 0. The van der Waals surface area contributed by atoms with Gasteiger partial charge in [0, 0.05) is 6.54 Å². The quantitative estimate of drug-likeness (QED) is 0.645. The van der Waals surface area contributed by atoms with E-state index in [4.69, 9.17) is 10.8 Å². The van der Waals surface area contributed by atoms with E-state index in [0.717, 1.165) is 0 Å². The first-order valence-corrected chi connectivity index (χ1v) is 3.86. The first-order valence-electron chi connectivity index (χ1n) is 3.86. The van der Waals surface area contributed by atoms with Crippen LogP contribution in [0.5, 0.6) is 0 Å². The van der Waals surface area contributed by atoms with Gasteiger partial charge in [0.15, 0.2) is 0 Å². The number of carboxylic acid groups (broad SMARTS) is 1. The van der Waals surface area contributed by atoms with E-state index in [1.807, 2.05) is 13.8 Å². The lowest BCUT2D eigenvalue weighted by Crippen LogP contribution is -2.36. The maximum absolute atomic E-state index is 10.7. The number of aliphatic carboxylic acids is 1. The van der Waals surface area contributed by atoms with Gasteiger partial charge < -0.3 is 10.8 Å². The second-order valence-corrected chi connectivity index (χ2v) is 3.67. The minimum absolute atomic E-state index is 0.209. The summed E-state index contributed by atoms with van der Waals surface area (Å²) >= 11 is 0. The van der Waals surface area contributed by atoms with Crippen LogP contribution in [0.15, 0.2) is 0 Å². The summed E-state index contributed by atoms with van der Waals surface area (Å²) in [5.41, 5.74) is 4.63. The maximum Gasteiger partial charge on any atom is 0.310 e. The molecule has 0 radical (unpaired) electrons. The van der Waals surface area contributed by atoms with Gasteiger partial charge in [0.05, 0.1) is 5.41 Å². The fourth-order valence-electron chi connectivity index (χ4n) is 1.16. The molecule has 0 spiro atoms. The SMILES string of the molecule is CC(C)CC(C)(CN)C(=O)O. The third-order valence-electron chi connectivity index (χ3n) is 1.83. The van der Waals surface area contributed by atoms with Gasteiger partial charge in [0.25, 0.3) is 0 Å². The van der Waals surface area contributed by atoms with E-state index in [0.29, 0.717) is 12.3 Å². The average molecular weight is 159 g/mol. The Bertz CT molecular complexity index is 145. The van der Waals surface area contributed by atoms with Crippen molar-refractivity contribution in [1.82, 2.24) is 0 Å². The Labute approximate surface area is 67.6 Å². The maximum atomic E-state index is 10.7. The van der Waals surface area contributed by atoms with Crippen molar-refractivity contribution < 1.29 is 9.90 Å². The molecule has 0 aliphatic heterocycles. The molecular formula is C8H17NO2. The van der Waals surface area contributed by atoms with Crippen LogP contribution in [0.25, 0.3) is 0 Å². The van der Waals surface area contributed by atoms with Crippen LogP contribution in [0, 0.1) is 11.3 Å². The molecule has 11 heavy (non-hydrogen) atoms. The predicted molar refractivity (Wildman–Crippen MR) is 44.3 cm³/mol. The number of hydrogen-bond acceptors (Lipinski definition) is 2. The Morgan fingerprint density at radius 1 is 1.64 bits per heavy atom. The molecule has 0 saturated heterocycles. The molecule has 1 unspecified atom stereocenters. The van der Waals surface area contributed by atoms with Crippen LogP contribution in [0.2, 0.25) is 0 Å². The van der Waals surface area contributed by atoms with E-state index in [-0.39, 0.29) is 6.54 Å². The zero-order valence-corrected chi connectivity index (χ0v) is 7.42. The highest BCUT2D eigenvalue weighted by Crippen LogP contribution is 2.24. The van der Waals surface area contributed by atoms with E-state index in [1.165, 1.54) is 0 Å². The van der Waals surface area contributed by atoms with Gasteiger partial charge in [-0.05, 0) is 19.3 Å². The minimum Gasteiger partial charge on any atom is -0.481 e. The lowest BCUT2D eigenvalue weighted by atomic mass is 9.82. The zero-order valence-electron chi connectivity index (χ0n) is 7.42. The molecule has 0 amide bonds. The van der Waals surface area contributed by atoms with Crippen molar-refractivity contribution >= 4 is 5.97 Å². The molecule has 0 aliphatic rings. The molecule has 66 valence electrons. The van der Waals surface area contributed by atoms with Gasteiger partial charge in [-0.25, -0.2) is 0 Å². The molecule has 0 aromatic heterocycles.